The van der Waals surface area contributed by atoms with Crippen LogP contribution >= 0.6 is 0 Å². The highest BCUT2D eigenvalue weighted by molar-refractivity contribution is 5.84. The molecule has 2 rings (SSSR count). The van der Waals surface area contributed by atoms with Crippen LogP contribution in [0.15, 0.2) is 42.5 Å². The minimum Gasteiger partial charge on any atom is -0.494 e. The SMILES string of the molecule is C/C=C/CCNCc1ccc2cccc(OC)c2n1. The van der Waals surface area contributed by atoms with Crippen LogP contribution < -0.4 is 10.1 Å². The maximum atomic E-state index is 5.35. The smallest absolute Gasteiger partial charge is 0.145 e. The Morgan fingerprint density at radius 2 is 2.16 bits per heavy atom. The van der Waals surface area contributed by atoms with Gasteiger partial charge >= 0.3 is 0 Å². The summed E-state index contributed by atoms with van der Waals surface area (Å²) in [6, 6.07) is 10.1. The van der Waals surface area contributed by atoms with Gasteiger partial charge in [0, 0.05) is 11.9 Å². The molecule has 0 fully saturated rings. The molecule has 3 nitrogen and oxygen atoms in total. The molecular formula is C16H20N2O. The van der Waals surface area contributed by atoms with Gasteiger partial charge in [-0.1, -0.05) is 30.4 Å². The molecule has 0 saturated carbocycles. The molecule has 19 heavy (non-hydrogen) atoms. The summed E-state index contributed by atoms with van der Waals surface area (Å²) in [5.74, 6) is 0.827. The number of para-hydroxylation sites is 1. The third-order valence-corrected chi connectivity index (χ3v) is 2.99. The average molecular weight is 256 g/mol. The molecule has 0 aliphatic rings. The summed E-state index contributed by atoms with van der Waals surface area (Å²) < 4.78 is 5.35. The van der Waals surface area contributed by atoms with Crippen LogP contribution in [0.4, 0.5) is 0 Å². The third-order valence-electron chi connectivity index (χ3n) is 2.99. The Bertz CT molecular complexity index is 564. The summed E-state index contributed by atoms with van der Waals surface area (Å²) in [6.07, 6.45) is 5.28. The molecule has 0 saturated heterocycles. The summed E-state index contributed by atoms with van der Waals surface area (Å²) in [5, 5.41) is 4.49. The lowest BCUT2D eigenvalue weighted by Crippen LogP contribution is -2.15. The van der Waals surface area contributed by atoms with Crippen LogP contribution in [0, 0.1) is 0 Å². The second kappa shape index (κ2) is 6.90. The number of aromatic nitrogens is 1. The van der Waals surface area contributed by atoms with Crippen LogP contribution in [0.25, 0.3) is 10.9 Å². The number of pyridine rings is 1. The van der Waals surface area contributed by atoms with Crippen molar-refractivity contribution in [3.63, 3.8) is 0 Å². The van der Waals surface area contributed by atoms with Crippen molar-refractivity contribution in [1.29, 1.82) is 0 Å². The van der Waals surface area contributed by atoms with E-state index in [2.05, 4.69) is 34.6 Å². The lowest BCUT2D eigenvalue weighted by atomic mass is 10.2. The second-order valence-corrected chi connectivity index (χ2v) is 4.37. The summed E-state index contributed by atoms with van der Waals surface area (Å²) >= 11 is 0. The van der Waals surface area contributed by atoms with Gasteiger partial charge in [0.05, 0.1) is 12.8 Å². The van der Waals surface area contributed by atoms with E-state index in [1.165, 1.54) is 0 Å². The lowest BCUT2D eigenvalue weighted by molar-refractivity contribution is 0.418. The van der Waals surface area contributed by atoms with Gasteiger partial charge in [-0.05, 0) is 32.0 Å². The Morgan fingerprint density at radius 1 is 1.26 bits per heavy atom. The molecule has 1 heterocycles. The van der Waals surface area contributed by atoms with E-state index >= 15 is 0 Å². The standard InChI is InChI=1S/C16H20N2O/c1-3-4-5-11-17-12-14-10-9-13-7-6-8-15(19-2)16(13)18-14/h3-4,6-10,17H,5,11-12H2,1-2H3/b4-3+. The van der Waals surface area contributed by atoms with E-state index in [4.69, 9.17) is 4.74 Å². The highest BCUT2D eigenvalue weighted by Gasteiger charge is 2.03. The van der Waals surface area contributed by atoms with Crippen molar-refractivity contribution in [3.8, 4) is 5.75 Å². The fourth-order valence-corrected chi connectivity index (χ4v) is 1.99. The molecule has 0 radical (unpaired) electrons. The van der Waals surface area contributed by atoms with Crippen molar-refractivity contribution in [2.24, 2.45) is 0 Å². The second-order valence-electron chi connectivity index (χ2n) is 4.37. The molecule has 1 N–H and O–H groups in total. The number of hydrogen-bond donors (Lipinski definition) is 1. The predicted octanol–water partition coefficient (Wildman–Crippen LogP) is 3.30. The minimum absolute atomic E-state index is 0.783. The quantitative estimate of drug-likeness (QED) is 0.636. The Morgan fingerprint density at radius 3 is 2.95 bits per heavy atom. The number of benzene rings is 1. The van der Waals surface area contributed by atoms with Crippen molar-refractivity contribution in [2.45, 2.75) is 19.9 Å². The number of nitrogens with one attached hydrogen (secondary N) is 1. The highest BCUT2D eigenvalue weighted by Crippen LogP contribution is 2.23. The number of fused-ring (bicyclic) bond motifs is 1. The summed E-state index contributed by atoms with van der Waals surface area (Å²) in [5.41, 5.74) is 1.97. The topological polar surface area (TPSA) is 34.1 Å². The van der Waals surface area contributed by atoms with E-state index < -0.39 is 0 Å². The van der Waals surface area contributed by atoms with Crippen LogP contribution in [-0.4, -0.2) is 18.6 Å². The molecule has 3 heteroatoms. The molecule has 0 aliphatic heterocycles. The van der Waals surface area contributed by atoms with Crippen LogP contribution in [0.5, 0.6) is 5.75 Å². The number of rotatable bonds is 6. The van der Waals surface area contributed by atoms with E-state index in [9.17, 15) is 0 Å². The predicted molar refractivity (Wildman–Crippen MR) is 79.4 cm³/mol. The minimum atomic E-state index is 0.783. The first-order valence-corrected chi connectivity index (χ1v) is 6.59. The molecule has 100 valence electrons. The molecule has 1 aromatic carbocycles. The Hall–Kier alpha value is -1.87. The first-order valence-electron chi connectivity index (χ1n) is 6.59. The van der Waals surface area contributed by atoms with Gasteiger partial charge in [0.2, 0.25) is 0 Å². The summed E-state index contributed by atoms with van der Waals surface area (Å²) in [6.45, 7) is 3.79. The molecule has 0 amide bonds. The normalized spacial score (nSPS) is 11.3. The number of methoxy groups -OCH3 is 1. The maximum absolute atomic E-state index is 5.35. The Balaban J connectivity index is 2.08. The maximum Gasteiger partial charge on any atom is 0.145 e. The van der Waals surface area contributed by atoms with Gasteiger partial charge in [0.1, 0.15) is 11.3 Å². The van der Waals surface area contributed by atoms with E-state index in [1.807, 2.05) is 25.1 Å². The highest BCUT2D eigenvalue weighted by atomic mass is 16.5. The average Bonchev–Trinajstić information content (AvgIpc) is 2.46. The van der Waals surface area contributed by atoms with Crippen LogP contribution in [0.3, 0.4) is 0 Å². The zero-order chi connectivity index (χ0) is 13.5. The van der Waals surface area contributed by atoms with E-state index in [0.29, 0.717) is 0 Å². The molecular weight excluding hydrogens is 236 g/mol. The van der Waals surface area contributed by atoms with Crippen molar-refractivity contribution >= 4 is 10.9 Å². The molecule has 0 bridgehead atoms. The fraction of sp³-hybridized carbons (Fsp3) is 0.312. The Labute approximate surface area is 114 Å². The number of hydrogen-bond acceptors (Lipinski definition) is 3. The number of allylic oxidation sites excluding steroid dienone is 1. The van der Waals surface area contributed by atoms with E-state index in [1.54, 1.807) is 7.11 Å². The largest absolute Gasteiger partial charge is 0.494 e. The van der Waals surface area contributed by atoms with Crippen molar-refractivity contribution < 1.29 is 4.74 Å². The van der Waals surface area contributed by atoms with Crippen LogP contribution in [0.1, 0.15) is 19.0 Å². The van der Waals surface area contributed by atoms with Crippen molar-refractivity contribution in [3.05, 3.63) is 48.2 Å². The first-order chi connectivity index (χ1) is 9.35. The van der Waals surface area contributed by atoms with Gasteiger partial charge < -0.3 is 10.1 Å². The monoisotopic (exact) mass is 256 g/mol. The van der Waals surface area contributed by atoms with Gasteiger partial charge in [-0.25, -0.2) is 4.98 Å². The molecule has 0 atom stereocenters. The Kier molecular flexibility index (Phi) is 4.93. The molecule has 0 unspecified atom stereocenters. The summed E-state index contributed by atoms with van der Waals surface area (Å²) in [7, 11) is 1.68. The van der Waals surface area contributed by atoms with Gasteiger partial charge in [0.15, 0.2) is 0 Å². The molecule has 0 aliphatic carbocycles. The van der Waals surface area contributed by atoms with Gasteiger partial charge in [-0.2, -0.15) is 0 Å². The fourth-order valence-electron chi connectivity index (χ4n) is 1.99. The van der Waals surface area contributed by atoms with Gasteiger partial charge in [0.25, 0.3) is 0 Å². The number of nitrogens with zero attached hydrogens (tertiary/aromatic N) is 1. The molecule has 2 aromatic rings. The van der Waals surface area contributed by atoms with E-state index in [0.717, 1.165) is 41.9 Å². The zero-order valence-corrected chi connectivity index (χ0v) is 11.5. The zero-order valence-electron chi connectivity index (χ0n) is 11.5. The third kappa shape index (κ3) is 3.55. The van der Waals surface area contributed by atoms with Crippen LogP contribution in [0.2, 0.25) is 0 Å². The molecule has 0 spiro atoms. The van der Waals surface area contributed by atoms with Crippen molar-refractivity contribution in [2.75, 3.05) is 13.7 Å². The summed E-state index contributed by atoms with van der Waals surface area (Å²) in [4.78, 5) is 4.66. The molecule has 1 aromatic heterocycles. The van der Waals surface area contributed by atoms with Crippen molar-refractivity contribution in [1.82, 2.24) is 10.3 Å². The van der Waals surface area contributed by atoms with Crippen LogP contribution in [-0.2, 0) is 6.54 Å². The number of ether oxygens (including phenoxy) is 1. The van der Waals surface area contributed by atoms with E-state index in [-0.39, 0.29) is 0 Å². The van der Waals surface area contributed by atoms with Gasteiger partial charge in [-0.3, -0.25) is 0 Å². The lowest BCUT2D eigenvalue weighted by Gasteiger charge is -2.07. The van der Waals surface area contributed by atoms with Gasteiger partial charge in [-0.15, -0.1) is 0 Å². The first kappa shape index (κ1) is 13.6.